The summed E-state index contributed by atoms with van der Waals surface area (Å²) in [7, 11) is 0. The van der Waals surface area contributed by atoms with Crippen LogP contribution < -0.4 is 5.73 Å². The van der Waals surface area contributed by atoms with Crippen LogP contribution in [0.2, 0.25) is 5.02 Å². The summed E-state index contributed by atoms with van der Waals surface area (Å²) in [5, 5.41) is 1.62. The Morgan fingerprint density at radius 1 is 1.29 bits per heavy atom. The molecular weight excluding hydrogens is 300 g/mol. The highest BCUT2D eigenvalue weighted by Crippen LogP contribution is 2.35. The van der Waals surface area contributed by atoms with Crippen LogP contribution in [0.5, 0.6) is 0 Å². The van der Waals surface area contributed by atoms with Gasteiger partial charge in [-0.05, 0) is 23.6 Å². The number of rotatable bonds is 0. The Hall–Kier alpha value is -0.800. The van der Waals surface area contributed by atoms with Crippen LogP contribution in [0.1, 0.15) is 26.3 Å². The number of nitrogens with two attached hydrogens (primary N) is 1. The minimum absolute atomic E-state index is 0.0347. The van der Waals surface area contributed by atoms with Crippen molar-refractivity contribution in [1.82, 2.24) is 4.98 Å². The Morgan fingerprint density at radius 3 is 2.53 bits per heavy atom. The molecule has 1 aromatic heterocycles. The van der Waals surface area contributed by atoms with Gasteiger partial charge < -0.3 is 5.73 Å². The Bertz CT molecular complexity index is 588. The first-order chi connectivity index (χ1) is 7.80. The number of nitrogen functional groups attached to an aromatic ring is 1. The van der Waals surface area contributed by atoms with Gasteiger partial charge in [0.15, 0.2) is 0 Å². The third kappa shape index (κ3) is 2.26. The fraction of sp³-hybridized carbons (Fsp3) is 0.308. The summed E-state index contributed by atoms with van der Waals surface area (Å²) in [6.45, 7) is 6.35. The minimum Gasteiger partial charge on any atom is -0.383 e. The molecule has 0 fully saturated rings. The second-order valence-corrected chi connectivity index (χ2v) is 6.36. The van der Waals surface area contributed by atoms with E-state index in [9.17, 15) is 0 Å². The van der Waals surface area contributed by atoms with E-state index in [0.29, 0.717) is 10.8 Å². The lowest BCUT2D eigenvalue weighted by atomic mass is 9.86. The standard InChI is InChI=1S/C13H14BrClN2/c1-13(2,3)8-6-7-9(14)4-5-10(15)11(7)17-12(8)16/h4-6H,1-3H3,(H2,16,17). The van der Waals surface area contributed by atoms with Crippen molar-refractivity contribution in [1.29, 1.82) is 0 Å². The van der Waals surface area contributed by atoms with Crippen LogP contribution in [0, 0.1) is 0 Å². The van der Waals surface area contributed by atoms with Crippen LogP contribution in [0.4, 0.5) is 5.82 Å². The number of hydrogen-bond donors (Lipinski definition) is 1. The molecule has 1 aromatic carbocycles. The Balaban J connectivity index is 2.85. The molecule has 0 amide bonds. The number of aromatic nitrogens is 1. The molecule has 0 bridgehead atoms. The first kappa shape index (κ1) is 12.7. The summed E-state index contributed by atoms with van der Waals surface area (Å²) in [5.41, 5.74) is 7.75. The maximum Gasteiger partial charge on any atom is 0.127 e. The van der Waals surface area contributed by atoms with Gasteiger partial charge >= 0.3 is 0 Å². The van der Waals surface area contributed by atoms with Gasteiger partial charge in [-0.2, -0.15) is 0 Å². The maximum absolute atomic E-state index is 6.13. The predicted molar refractivity (Wildman–Crippen MR) is 77.6 cm³/mol. The first-order valence-electron chi connectivity index (χ1n) is 5.35. The molecule has 0 unspecified atom stereocenters. The van der Waals surface area contributed by atoms with Crippen LogP contribution in [-0.4, -0.2) is 4.98 Å². The predicted octanol–water partition coefficient (Wildman–Crippen LogP) is 4.53. The molecule has 2 N–H and O–H groups in total. The van der Waals surface area contributed by atoms with Crippen molar-refractivity contribution in [3.63, 3.8) is 0 Å². The summed E-state index contributed by atoms with van der Waals surface area (Å²) in [4.78, 5) is 4.42. The van der Waals surface area contributed by atoms with E-state index < -0.39 is 0 Å². The smallest absolute Gasteiger partial charge is 0.127 e. The molecule has 0 aliphatic carbocycles. The average Bonchev–Trinajstić information content (AvgIpc) is 2.21. The molecule has 4 heteroatoms. The molecule has 0 saturated heterocycles. The number of hydrogen-bond acceptors (Lipinski definition) is 2. The monoisotopic (exact) mass is 312 g/mol. The molecule has 0 aliphatic heterocycles. The van der Waals surface area contributed by atoms with Gasteiger partial charge in [0.05, 0.1) is 10.5 Å². The molecule has 2 nitrogen and oxygen atoms in total. The number of fused-ring (bicyclic) bond motifs is 1. The van der Waals surface area contributed by atoms with Gasteiger partial charge in [0.2, 0.25) is 0 Å². The molecule has 0 atom stereocenters. The lowest BCUT2D eigenvalue weighted by Gasteiger charge is -2.21. The van der Waals surface area contributed by atoms with Crippen molar-refractivity contribution >= 4 is 44.3 Å². The topological polar surface area (TPSA) is 38.9 Å². The van der Waals surface area contributed by atoms with Crippen LogP contribution in [-0.2, 0) is 5.41 Å². The number of anilines is 1. The molecule has 0 radical (unpaired) electrons. The average molecular weight is 314 g/mol. The SMILES string of the molecule is CC(C)(C)c1cc2c(Br)ccc(Cl)c2nc1N. The fourth-order valence-corrected chi connectivity index (χ4v) is 2.45. The zero-order valence-corrected chi connectivity index (χ0v) is 12.4. The van der Waals surface area contributed by atoms with E-state index in [1.54, 1.807) is 0 Å². The highest BCUT2D eigenvalue weighted by molar-refractivity contribution is 9.10. The fourth-order valence-electron chi connectivity index (χ4n) is 1.81. The van der Waals surface area contributed by atoms with Gasteiger partial charge in [0.1, 0.15) is 5.82 Å². The molecule has 0 saturated carbocycles. The van der Waals surface area contributed by atoms with Crippen molar-refractivity contribution in [2.75, 3.05) is 5.73 Å². The van der Waals surface area contributed by atoms with Crippen molar-refractivity contribution in [3.8, 4) is 0 Å². The molecule has 2 aromatic rings. The Labute approximate surface area is 114 Å². The van der Waals surface area contributed by atoms with Crippen LogP contribution >= 0.6 is 27.5 Å². The molecule has 0 spiro atoms. The van der Waals surface area contributed by atoms with Gasteiger partial charge in [-0.25, -0.2) is 4.98 Å². The molecule has 1 heterocycles. The lowest BCUT2D eigenvalue weighted by molar-refractivity contribution is 0.591. The number of pyridine rings is 1. The molecular formula is C13H14BrClN2. The third-order valence-electron chi connectivity index (χ3n) is 2.72. The van der Waals surface area contributed by atoms with E-state index in [0.717, 1.165) is 20.9 Å². The highest BCUT2D eigenvalue weighted by atomic mass is 79.9. The second-order valence-electron chi connectivity index (χ2n) is 5.10. The van der Waals surface area contributed by atoms with E-state index >= 15 is 0 Å². The number of nitrogens with zero attached hydrogens (tertiary/aromatic N) is 1. The molecule has 0 aliphatic rings. The zero-order chi connectivity index (χ0) is 12.8. The van der Waals surface area contributed by atoms with E-state index in [-0.39, 0.29) is 5.41 Å². The van der Waals surface area contributed by atoms with Crippen molar-refractivity contribution < 1.29 is 0 Å². The first-order valence-corrected chi connectivity index (χ1v) is 6.52. The third-order valence-corrected chi connectivity index (χ3v) is 3.72. The van der Waals surface area contributed by atoms with Gasteiger partial charge in [0, 0.05) is 15.4 Å². The van der Waals surface area contributed by atoms with Crippen molar-refractivity contribution in [2.45, 2.75) is 26.2 Å². The highest BCUT2D eigenvalue weighted by Gasteiger charge is 2.19. The van der Waals surface area contributed by atoms with Gasteiger partial charge in [-0.1, -0.05) is 48.3 Å². The van der Waals surface area contributed by atoms with Crippen molar-refractivity contribution in [3.05, 3.63) is 33.3 Å². The largest absolute Gasteiger partial charge is 0.383 e. The normalized spacial score (nSPS) is 12.1. The van der Waals surface area contributed by atoms with E-state index in [1.165, 1.54) is 0 Å². The summed E-state index contributed by atoms with van der Waals surface area (Å²) >= 11 is 9.65. The van der Waals surface area contributed by atoms with Gasteiger partial charge in [0.25, 0.3) is 0 Å². The quantitative estimate of drug-likeness (QED) is 0.776. The lowest BCUT2D eigenvalue weighted by Crippen LogP contribution is -2.15. The molecule has 2 rings (SSSR count). The zero-order valence-electron chi connectivity index (χ0n) is 10.0. The minimum atomic E-state index is -0.0347. The van der Waals surface area contributed by atoms with Crippen LogP contribution in [0.25, 0.3) is 10.9 Å². The van der Waals surface area contributed by atoms with Crippen LogP contribution in [0.15, 0.2) is 22.7 Å². The van der Waals surface area contributed by atoms with E-state index in [2.05, 4.69) is 47.8 Å². The summed E-state index contributed by atoms with van der Waals surface area (Å²) in [5.74, 6) is 0.546. The number of benzene rings is 1. The summed E-state index contributed by atoms with van der Waals surface area (Å²) < 4.78 is 0.981. The van der Waals surface area contributed by atoms with Gasteiger partial charge in [-0.15, -0.1) is 0 Å². The maximum atomic E-state index is 6.13. The summed E-state index contributed by atoms with van der Waals surface area (Å²) in [6, 6.07) is 5.81. The Morgan fingerprint density at radius 2 is 1.94 bits per heavy atom. The van der Waals surface area contributed by atoms with Gasteiger partial charge in [-0.3, -0.25) is 0 Å². The molecule has 17 heavy (non-hydrogen) atoms. The molecule has 90 valence electrons. The summed E-state index contributed by atoms with van der Waals surface area (Å²) in [6.07, 6.45) is 0. The second kappa shape index (κ2) is 4.14. The number of halogens is 2. The Kier molecular flexibility index (Phi) is 3.08. The van der Waals surface area contributed by atoms with Crippen LogP contribution in [0.3, 0.4) is 0 Å². The van der Waals surface area contributed by atoms with Crippen molar-refractivity contribution in [2.24, 2.45) is 0 Å². The van der Waals surface area contributed by atoms with E-state index in [1.807, 2.05) is 12.1 Å². The van der Waals surface area contributed by atoms with E-state index in [4.69, 9.17) is 17.3 Å².